The van der Waals surface area contributed by atoms with Gasteiger partial charge < -0.3 is 14.6 Å². The molecule has 2 heterocycles. The zero-order valence-corrected chi connectivity index (χ0v) is 12.8. The maximum absolute atomic E-state index is 11.0. The maximum atomic E-state index is 11.0. The molecule has 0 radical (unpaired) electrons. The lowest BCUT2D eigenvalue weighted by Crippen LogP contribution is -2.55. The van der Waals surface area contributed by atoms with Gasteiger partial charge in [-0.25, -0.2) is 0 Å². The summed E-state index contributed by atoms with van der Waals surface area (Å²) in [6, 6.07) is 0.229. The Labute approximate surface area is 126 Å². The van der Waals surface area contributed by atoms with Crippen molar-refractivity contribution in [1.82, 2.24) is 9.80 Å². The number of piperazine rings is 1. The molecule has 0 aromatic rings. The van der Waals surface area contributed by atoms with Crippen LogP contribution in [0.4, 0.5) is 0 Å². The van der Waals surface area contributed by atoms with Crippen molar-refractivity contribution in [2.45, 2.75) is 50.5 Å². The largest absolute Gasteiger partial charge is 0.480 e. The minimum Gasteiger partial charge on any atom is -0.480 e. The Morgan fingerprint density at radius 2 is 1.71 bits per heavy atom. The van der Waals surface area contributed by atoms with Crippen molar-refractivity contribution in [3.05, 3.63) is 0 Å². The molecule has 120 valence electrons. The second-order valence-corrected chi connectivity index (χ2v) is 6.42. The molecule has 2 saturated heterocycles. The summed E-state index contributed by atoms with van der Waals surface area (Å²) in [5.74, 6) is -1.01. The monoisotopic (exact) mass is 298 g/mol. The normalized spacial score (nSPS) is 29.8. The first-order chi connectivity index (χ1) is 10.1. The maximum Gasteiger partial charge on any atom is 0.320 e. The molecule has 0 bridgehead atoms. The van der Waals surface area contributed by atoms with Crippen LogP contribution in [0.15, 0.2) is 0 Å². The van der Waals surface area contributed by atoms with Gasteiger partial charge in [-0.2, -0.15) is 0 Å². The fourth-order valence-corrected chi connectivity index (χ4v) is 3.84. The van der Waals surface area contributed by atoms with Gasteiger partial charge >= 0.3 is 5.97 Å². The van der Waals surface area contributed by atoms with E-state index in [4.69, 9.17) is 14.6 Å². The highest BCUT2D eigenvalue weighted by Gasteiger charge is 2.42. The molecule has 1 saturated carbocycles. The average Bonchev–Trinajstić information content (AvgIpc) is 2.96. The van der Waals surface area contributed by atoms with Crippen LogP contribution in [0.5, 0.6) is 0 Å². The van der Waals surface area contributed by atoms with Gasteiger partial charge in [-0.05, 0) is 19.8 Å². The van der Waals surface area contributed by atoms with Gasteiger partial charge in [0.25, 0.3) is 0 Å². The van der Waals surface area contributed by atoms with E-state index < -0.39 is 5.97 Å². The van der Waals surface area contributed by atoms with Crippen molar-refractivity contribution in [2.24, 2.45) is 0 Å². The van der Waals surface area contributed by atoms with E-state index in [0.29, 0.717) is 6.04 Å². The zero-order valence-electron chi connectivity index (χ0n) is 12.8. The molecule has 1 aliphatic carbocycles. The third-order valence-electron chi connectivity index (χ3n) is 5.30. The van der Waals surface area contributed by atoms with Gasteiger partial charge in [-0.15, -0.1) is 0 Å². The van der Waals surface area contributed by atoms with Crippen LogP contribution in [0, 0.1) is 0 Å². The molecule has 1 spiro atoms. The summed E-state index contributed by atoms with van der Waals surface area (Å²) in [4.78, 5) is 15.6. The fraction of sp³-hybridized carbons (Fsp3) is 0.933. The molecule has 6 nitrogen and oxygen atoms in total. The van der Waals surface area contributed by atoms with E-state index in [9.17, 15) is 4.79 Å². The Balaban J connectivity index is 1.46. The highest BCUT2D eigenvalue weighted by molar-refractivity contribution is 5.72. The molecule has 3 aliphatic rings. The quantitative estimate of drug-likeness (QED) is 0.830. The lowest BCUT2D eigenvalue weighted by atomic mass is 9.88. The molecule has 1 N–H and O–H groups in total. The van der Waals surface area contributed by atoms with E-state index in [1.807, 2.05) is 0 Å². The van der Waals surface area contributed by atoms with Crippen LogP contribution in [0.25, 0.3) is 0 Å². The molecule has 21 heavy (non-hydrogen) atoms. The van der Waals surface area contributed by atoms with Gasteiger partial charge in [0.2, 0.25) is 0 Å². The number of hydrogen-bond acceptors (Lipinski definition) is 5. The molecule has 0 aromatic heterocycles. The highest BCUT2D eigenvalue weighted by Crippen LogP contribution is 2.37. The summed E-state index contributed by atoms with van der Waals surface area (Å²) < 4.78 is 11.6. The molecule has 1 unspecified atom stereocenters. The van der Waals surface area contributed by atoms with Crippen LogP contribution in [-0.2, 0) is 14.3 Å². The van der Waals surface area contributed by atoms with Crippen LogP contribution in [0.1, 0.15) is 32.6 Å². The van der Waals surface area contributed by atoms with Crippen molar-refractivity contribution in [3.63, 3.8) is 0 Å². The first kappa shape index (κ1) is 15.2. The van der Waals surface area contributed by atoms with Crippen molar-refractivity contribution in [3.8, 4) is 0 Å². The molecule has 0 aromatic carbocycles. The zero-order chi connectivity index (χ0) is 14.9. The van der Waals surface area contributed by atoms with E-state index in [-0.39, 0.29) is 11.8 Å². The average molecular weight is 298 g/mol. The van der Waals surface area contributed by atoms with E-state index in [2.05, 4.69) is 9.80 Å². The first-order valence-corrected chi connectivity index (χ1v) is 8.08. The van der Waals surface area contributed by atoms with Gasteiger partial charge in [-0.1, -0.05) is 0 Å². The molecule has 6 heteroatoms. The third kappa shape index (κ3) is 3.23. The molecule has 2 aliphatic heterocycles. The summed E-state index contributed by atoms with van der Waals surface area (Å²) in [6.45, 7) is 6.88. The lowest BCUT2D eigenvalue weighted by molar-refractivity contribution is -0.184. The molecule has 0 amide bonds. The van der Waals surface area contributed by atoms with Gasteiger partial charge in [0.1, 0.15) is 6.04 Å². The SMILES string of the molecule is CC(C(=O)O)N1CCN(C2CCC3(CC2)OCCO3)CC1. The van der Waals surface area contributed by atoms with Gasteiger partial charge in [0.15, 0.2) is 5.79 Å². The molecular formula is C15H26N2O4. The third-order valence-corrected chi connectivity index (χ3v) is 5.30. The Morgan fingerprint density at radius 1 is 1.14 bits per heavy atom. The summed E-state index contributed by atoms with van der Waals surface area (Å²) >= 11 is 0. The number of hydrogen-bond donors (Lipinski definition) is 1. The smallest absolute Gasteiger partial charge is 0.320 e. The fourth-order valence-electron chi connectivity index (χ4n) is 3.84. The minimum atomic E-state index is -0.724. The molecule has 3 fully saturated rings. The van der Waals surface area contributed by atoms with E-state index in [1.165, 1.54) is 0 Å². The molecule has 3 rings (SSSR count). The van der Waals surface area contributed by atoms with E-state index >= 15 is 0 Å². The van der Waals surface area contributed by atoms with Gasteiger partial charge in [0.05, 0.1) is 13.2 Å². The van der Waals surface area contributed by atoms with Gasteiger partial charge in [-0.3, -0.25) is 14.6 Å². The molecular weight excluding hydrogens is 272 g/mol. The number of carbonyl (C=O) groups is 1. The topological polar surface area (TPSA) is 62.2 Å². The standard InChI is InChI=1S/C15H26N2O4/c1-12(14(18)19)16-6-8-17(9-7-16)13-2-4-15(5-3-13)20-10-11-21-15/h12-13H,2-11H2,1H3,(H,18,19). The second kappa shape index (κ2) is 6.20. The Bertz CT molecular complexity index is 366. The van der Waals surface area contributed by atoms with Crippen LogP contribution < -0.4 is 0 Å². The molecule has 1 atom stereocenters. The summed E-state index contributed by atoms with van der Waals surface area (Å²) in [6.07, 6.45) is 4.22. The number of carboxylic acids is 1. The van der Waals surface area contributed by atoms with E-state index in [0.717, 1.165) is 65.1 Å². The van der Waals surface area contributed by atoms with Crippen LogP contribution in [-0.4, -0.2) is 78.1 Å². The summed E-state index contributed by atoms with van der Waals surface area (Å²) in [5, 5.41) is 9.08. The Kier molecular flexibility index (Phi) is 4.49. The van der Waals surface area contributed by atoms with E-state index in [1.54, 1.807) is 6.92 Å². The van der Waals surface area contributed by atoms with Crippen LogP contribution >= 0.6 is 0 Å². The highest BCUT2D eigenvalue weighted by atomic mass is 16.7. The van der Waals surface area contributed by atoms with Crippen LogP contribution in [0.3, 0.4) is 0 Å². The first-order valence-electron chi connectivity index (χ1n) is 8.08. The Morgan fingerprint density at radius 3 is 2.24 bits per heavy atom. The predicted octanol–water partition coefficient (Wildman–Crippen LogP) is 0.763. The minimum absolute atomic E-state index is 0.282. The van der Waals surface area contributed by atoms with Gasteiger partial charge in [0, 0.05) is 45.1 Å². The van der Waals surface area contributed by atoms with Crippen molar-refractivity contribution in [2.75, 3.05) is 39.4 Å². The second-order valence-electron chi connectivity index (χ2n) is 6.42. The lowest BCUT2D eigenvalue weighted by Gasteiger charge is -2.44. The number of rotatable bonds is 3. The van der Waals surface area contributed by atoms with Crippen molar-refractivity contribution >= 4 is 5.97 Å². The predicted molar refractivity (Wildman–Crippen MR) is 77.1 cm³/mol. The number of ether oxygens (including phenoxy) is 2. The number of nitrogens with zero attached hydrogens (tertiary/aromatic N) is 2. The van der Waals surface area contributed by atoms with Crippen molar-refractivity contribution in [1.29, 1.82) is 0 Å². The van der Waals surface area contributed by atoms with Crippen LogP contribution in [0.2, 0.25) is 0 Å². The number of carboxylic acid groups (broad SMARTS) is 1. The van der Waals surface area contributed by atoms with Crippen molar-refractivity contribution < 1.29 is 19.4 Å². The summed E-state index contributed by atoms with van der Waals surface area (Å²) in [5.41, 5.74) is 0. The number of aliphatic carboxylic acids is 1. The summed E-state index contributed by atoms with van der Waals surface area (Å²) in [7, 11) is 0. The Hall–Kier alpha value is -0.690.